The van der Waals surface area contributed by atoms with Crippen LogP contribution in [0.3, 0.4) is 0 Å². The number of likely N-dealkylation sites (N-methyl/N-ethyl adjacent to an activating group) is 1. The lowest BCUT2D eigenvalue weighted by Gasteiger charge is -2.38. The van der Waals surface area contributed by atoms with Crippen LogP contribution in [0, 0.1) is 3.57 Å². The van der Waals surface area contributed by atoms with Crippen molar-refractivity contribution in [3.05, 3.63) is 62.2 Å². The Morgan fingerprint density at radius 1 is 1.09 bits per heavy atom. The maximum absolute atomic E-state index is 10.2. The van der Waals surface area contributed by atoms with Crippen molar-refractivity contribution in [1.29, 1.82) is 0 Å². The van der Waals surface area contributed by atoms with E-state index in [0.717, 1.165) is 23.0 Å². The number of fused-ring (bicyclic) bond motifs is 5. The molecule has 2 atom stereocenters. The van der Waals surface area contributed by atoms with Crippen molar-refractivity contribution in [2.45, 2.75) is 31.2 Å². The molecule has 1 heterocycles. The number of benzene rings is 2. The van der Waals surface area contributed by atoms with Gasteiger partial charge in [-0.2, -0.15) is 0 Å². The number of rotatable bonds is 0. The van der Waals surface area contributed by atoms with Gasteiger partial charge in [0.05, 0.1) is 3.57 Å². The number of phenolic OH excluding ortho intramolecular Hbond substituents is 1. The molecule has 0 bridgehead atoms. The van der Waals surface area contributed by atoms with Gasteiger partial charge in [0.1, 0.15) is 5.75 Å². The molecule has 2 aromatic carbocycles. The standard InChI is InChI=1S/C19H20INO/c1-21-9-8-12-4-2-3-5-14(12)19-15-11-18(22)16(20)10-13(15)6-7-17(19)21/h2-5,10-11,17,19,22H,6-9H2,1H3/t17-,19+/m0/s1. The van der Waals surface area contributed by atoms with Gasteiger partial charge in [-0.25, -0.2) is 0 Å². The number of hydrogen-bond donors (Lipinski definition) is 1. The molecule has 1 aliphatic carbocycles. The molecular weight excluding hydrogens is 385 g/mol. The zero-order valence-electron chi connectivity index (χ0n) is 12.7. The van der Waals surface area contributed by atoms with E-state index in [1.54, 1.807) is 0 Å². The van der Waals surface area contributed by atoms with E-state index in [1.807, 2.05) is 6.07 Å². The molecule has 4 rings (SSSR count). The third-order valence-electron chi connectivity index (χ3n) is 5.33. The van der Waals surface area contributed by atoms with Gasteiger partial charge in [-0.3, -0.25) is 0 Å². The van der Waals surface area contributed by atoms with Crippen LogP contribution in [0.1, 0.15) is 34.6 Å². The van der Waals surface area contributed by atoms with Crippen molar-refractivity contribution < 1.29 is 5.11 Å². The maximum Gasteiger partial charge on any atom is 0.129 e. The Balaban J connectivity index is 1.94. The first-order valence-corrected chi connectivity index (χ1v) is 9.02. The summed E-state index contributed by atoms with van der Waals surface area (Å²) in [5.41, 5.74) is 5.66. The van der Waals surface area contributed by atoms with Crippen LogP contribution in [0.2, 0.25) is 0 Å². The van der Waals surface area contributed by atoms with Crippen LogP contribution < -0.4 is 0 Å². The van der Waals surface area contributed by atoms with Crippen molar-refractivity contribution in [2.75, 3.05) is 13.6 Å². The Labute approximate surface area is 145 Å². The van der Waals surface area contributed by atoms with E-state index < -0.39 is 0 Å². The van der Waals surface area contributed by atoms with Crippen LogP contribution in [-0.4, -0.2) is 29.6 Å². The summed E-state index contributed by atoms with van der Waals surface area (Å²) >= 11 is 2.23. The van der Waals surface area contributed by atoms with Crippen LogP contribution in [0.4, 0.5) is 0 Å². The molecule has 114 valence electrons. The van der Waals surface area contributed by atoms with Gasteiger partial charge >= 0.3 is 0 Å². The highest BCUT2D eigenvalue weighted by molar-refractivity contribution is 14.1. The summed E-state index contributed by atoms with van der Waals surface area (Å²) in [6.07, 6.45) is 3.42. The summed E-state index contributed by atoms with van der Waals surface area (Å²) in [4.78, 5) is 2.52. The molecule has 0 saturated carbocycles. The van der Waals surface area contributed by atoms with Crippen molar-refractivity contribution in [3.63, 3.8) is 0 Å². The molecule has 22 heavy (non-hydrogen) atoms. The normalized spacial score (nSPS) is 24.1. The SMILES string of the molecule is CN1CCc2ccccc2[C@@H]2c3cc(O)c(I)cc3CC[C@@H]21. The van der Waals surface area contributed by atoms with Gasteiger partial charge in [-0.15, -0.1) is 0 Å². The number of aromatic hydroxyl groups is 1. The fourth-order valence-corrected chi connectivity index (χ4v) is 4.71. The van der Waals surface area contributed by atoms with Crippen molar-refractivity contribution >= 4 is 22.6 Å². The molecule has 1 aliphatic heterocycles. The van der Waals surface area contributed by atoms with E-state index in [1.165, 1.54) is 28.7 Å². The number of hydrogen-bond acceptors (Lipinski definition) is 2. The Morgan fingerprint density at radius 2 is 1.91 bits per heavy atom. The van der Waals surface area contributed by atoms with Gasteiger partial charge in [0.25, 0.3) is 0 Å². The monoisotopic (exact) mass is 405 g/mol. The lowest BCUT2D eigenvalue weighted by Crippen LogP contribution is -2.39. The molecular formula is C19H20INO. The van der Waals surface area contributed by atoms with Gasteiger partial charge in [-0.05, 0) is 83.3 Å². The Kier molecular flexibility index (Phi) is 3.65. The molecule has 2 aliphatic rings. The molecule has 0 saturated heterocycles. The Bertz CT molecular complexity index is 727. The molecule has 0 spiro atoms. The quantitative estimate of drug-likeness (QED) is 0.672. The molecule has 2 aromatic rings. The van der Waals surface area contributed by atoms with E-state index in [-0.39, 0.29) is 0 Å². The van der Waals surface area contributed by atoms with Crippen LogP contribution in [0.15, 0.2) is 36.4 Å². The average Bonchev–Trinajstić information content (AvgIpc) is 2.67. The second-order valence-corrected chi connectivity index (χ2v) is 7.68. The van der Waals surface area contributed by atoms with Crippen molar-refractivity contribution in [3.8, 4) is 5.75 Å². The lowest BCUT2D eigenvalue weighted by molar-refractivity contribution is 0.214. The molecule has 2 nitrogen and oxygen atoms in total. The summed E-state index contributed by atoms with van der Waals surface area (Å²) in [6, 6.07) is 13.6. The number of halogens is 1. The highest BCUT2D eigenvalue weighted by Gasteiger charge is 2.36. The zero-order chi connectivity index (χ0) is 15.3. The third kappa shape index (κ3) is 2.26. The van der Waals surface area contributed by atoms with Gasteiger partial charge < -0.3 is 10.0 Å². The smallest absolute Gasteiger partial charge is 0.129 e. The van der Waals surface area contributed by atoms with Crippen LogP contribution in [0.25, 0.3) is 0 Å². The number of phenols is 1. The summed E-state index contributed by atoms with van der Waals surface area (Å²) in [5, 5.41) is 10.2. The summed E-state index contributed by atoms with van der Waals surface area (Å²) in [5.74, 6) is 0.805. The molecule has 3 heteroatoms. The zero-order valence-corrected chi connectivity index (χ0v) is 14.9. The minimum absolute atomic E-state index is 0.385. The minimum Gasteiger partial charge on any atom is -0.507 e. The Hall–Kier alpha value is -1.07. The molecule has 0 unspecified atom stereocenters. The fraction of sp³-hybridized carbons (Fsp3) is 0.368. The predicted octanol–water partition coefficient (Wildman–Crippen LogP) is 3.93. The summed E-state index contributed by atoms with van der Waals surface area (Å²) < 4.78 is 0.963. The lowest BCUT2D eigenvalue weighted by atomic mass is 9.74. The van der Waals surface area contributed by atoms with Crippen molar-refractivity contribution in [1.82, 2.24) is 4.90 Å². The largest absolute Gasteiger partial charge is 0.507 e. The minimum atomic E-state index is 0.385. The Morgan fingerprint density at radius 3 is 2.77 bits per heavy atom. The predicted molar refractivity (Wildman–Crippen MR) is 97.6 cm³/mol. The van der Waals surface area contributed by atoms with E-state index in [0.29, 0.717) is 17.7 Å². The summed E-state index contributed by atoms with van der Waals surface area (Å²) in [6.45, 7) is 1.11. The van der Waals surface area contributed by atoms with Gasteiger partial charge in [-0.1, -0.05) is 24.3 Å². The summed E-state index contributed by atoms with van der Waals surface area (Å²) in [7, 11) is 2.25. The first-order valence-electron chi connectivity index (χ1n) is 7.94. The van der Waals surface area contributed by atoms with Crippen LogP contribution in [-0.2, 0) is 12.8 Å². The van der Waals surface area contributed by atoms with Crippen LogP contribution >= 0.6 is 22.6 Å². The first-order chi connectivity index (χ1) is 10.6. The number of aryl methyl sites for hydroxylation is 1. The first kappa shape index (κ1) is 14.5. The molecule has 1 N–H and O–H groups in total. The molecule has 0 amide bonds. The van der Waals surface area contributed by atoms with E-state index in [2.05, 4.69) is 64.9 Å². The van der Waals surface area contributed by atoms with E-state index in [4.69, 9.17) is 0 Å². The highest BCUT2D eigenvalue weighted by Crippen LogP contribution is 2.44. The van der Waals surface area contributed by atoms with E-state index in [9.17, 15) is 5.11 Å². The molecule has 0 aromatic heterocycles. The second kappa shape index (κ2) is 5.53. The van der Waals surface area contributed by atoms with Gasteiger partial charge in [0, 0.05) is 18.5 Å². The van der Waals surface area contributed by atoms with Crippen LogP contribution in [0.5, 0.6) is 5.75 Å². The fourth-order valence-electron chi connectivity index (χ4n) is 4.18. The third-order valence-corrected chi connectivity index (χ3v) is 6.19. The molecule has 0 fully saturated rings. The maximum atomic E-state index is 10.2. The van der Waals surface area contributed by atoms with Crippen molar-refractivity contribution in [2.24, 2.45) is 0 Å². The second-order valence-electron chi connectivity index (χ2n) is 6.52. The number of nitrogens with zero attached hydrogens (tertiary/aromatic N) is 1. The highest BCUT2D eigenvalue weighted by atomic mass is 127. The molecule has 0 radical (unpaired) electrons. The van der Waals surface area contributed by atoms with Gasteiger partial charge in [0.15, 0.2) is 0 Å². The topological polar surface area (TPSA) is 23.5 Å². The van der Waals surface area contributed by atoms with Gasteiger partial charge in [0.2, 0.25) is 0 Å². The van der Waals surface area contributed by atoms with E-state index >= 15 is 0 Å². The average molecular weight is 405 g/mol.